The lowest BCUT2D eigenvalue weighted by Gasteiger charge is -2.06. The topological polar surface area (TPSA) is 56.3 Å². The second kappa shape index (κ2) is 3.75. The first-order valence-electron chi connectivity index (χ1n) is 4.66. The lowest BCUT2D eigenvalue weighted by molar-refractivity contribution is 0.418. The molecule has 2 rings (SSSR count). The molecule has 0 spiro atoms. The van der Waals surface area contributed by atoms with Gasteiger partial charge in [-0.25, -0.2) is 13.4 Å². The Hall–Kier alpha value is -1.62. The first kappa shape index (κ1) is 10.9. The Kier molecular flexibility index (Phi) is 2.55. The molecule has 0 aliphatic carbocycles. The van der Waals surface area contributed by atoms with Gasteiger partial charge < -0.3 is 4.74 Å². The molecule has 0 N–H and O–H groups in total. The maximum Gasteiger partial charge on any atom is 0.192 e. The van der Waals surface area contributed by atoms with Crippen LogP contribution in [0.25, 0.3) is 10.9 Å². The van der Waals surface area contributed by atoms with Crippen molar-refractivity contribution in [3.8, 4) is 5.75 Å². The van der Waals surface area contributed by atoms with Crippen molar-refractivity contribution in [3.05, 3.63) is 30.3 Å². The zero-order chi connectivity index (χ0) is 11.8. The molecule has 0 atom stereocenters. The van der Waals surface area contributed by atoms with Crippen molar-refractivity contribution in [2.45, 2.75) is 5.03 Å². The zero-order valence-electron chi connectivity index (χ0n) is 8.97. The Labute approximate surface area is 93.8 Å². The Morgan fingerprint density at radius 2 is 1.94 bits per heavy atom. The lowest BCUT2D eigenvalue weighted by Crippen LogP contribution is -2.01. The fourth-order valence-corrected chi connectivity index (χ4v) is 2.06. The van der Waals surface area contributed by atoms with Crippen LogP contribution < -0.4 is 4.74 Å². The van der Waals surface area contributed by atoms with Crippen molar-refractivity contribution < 1.29 is 13.2 Å². The van der Waals surface area contributed by atoms with E-state index in [1.54, 1.807) is 12.1 Å². The monoisotopic (exact) mass is 237 g/mol. The van der Waals surface area contributed by atoms with Crippen LogP contribution in [-0.2, 0) is 9.84 Å². The number of benzene rings is 1. The molecule has 5 heteroatoms. The Morgan fingerprint density at radius 1 is 1.25 bits per heavy atom. The average Bonchev–Trinajstić information content (AvgIpc) is 2.26. The van der Waals surface area contributed by atoms with E-state index >= 15 is 0 Å². The maximum absolute atomic E-state index is 11.4. The molecule has 0 unspecified atom stereocenters. The highest BCUT2D eigenvalue weighted by atomic mass is 32.2. The van der Waals surface area contributed by atoms with E-state index in [4.69, 9.17) is 4.74 Å². The van der Waals surface area contributed by atoms with E-state index in [9.17, 15) is 8.42 Å². The summed E-state index contributed by atoms with van der Waals surface area (Å²) in [7, 11) is -1.81. The van der Waals surface area contributed by atoms with Gasteiger partial charge in [-0.2, -0.15) is 0 Å². The van der Waals surface area contributed by atoms with Gasteiger partial charge in [-0.1, -0.05) is 12.1 Å². The molecule has 0 amide bonds. The summed E-state index contributed by atoms with van der Waals surface area (Å²) in [5.41, 5.74) is 0.613. The number of methoxy groups -OCH3 is 1. The van der Waals surface area contributed by atoms with Crippen LogP contribution in [0, 0.1) is 0 Å². The number of sulfone groups is 1. The van der Waals surface area contributed by atoms with E-state index in [1.165, 1.54) is 13.2 Å². The predicted octanol–water partition coefficient (Wildman–Crippen LogP) is 1.65. The Balaban J connectivity index is 2.83. The van der Waals surface area contributed by atoms with Crippen molar-refractivity contribution >= 4 is 20.7 Å². The molecule has 0 aliphatic rings. The van der Waals surface area contributed by atoms with Crippen LogP contribution in [0.3, 0.4) is 0 Å². The van der Waals surface area contributed by atoms with Crippen LogP contribution in [0.1, 0.15) is 0 Å². The van der Waals surface area contributed by atoms with Gasteiger partial charge in [0.15, 0.2) is 14.9 Å². The van der Waals surface area contributed by atoms with E-state index in [-0.39, 0.29) is 5.03 Å². The number of fused-ring (bicyclic) bond motifs is 1. The van der Waals surface area contributed by atoms with Gasteiger partial charge in [-0.05, 0) is 12.1 Å². The van der Waals surface area contributed by atoms with Gasteiger partial charge in [-0.15, -0.1) is 0 Å². The summed E-state index contributed by atoms with van der Waals surface area (Å²) in [6.45, 7) is 0. The lowest BCUT2D eigenvalue weighted by atomic mass is 10.2. The molecule has 1 aromatic carbocycles. The molecule has 0 radical (unpaired) electrons. The highest BCUT2D eigenvalue weighted by Crippen LogP contribution is 2.26. The van der Waals surface area contributed by atoms with Gasteiger partial charge in [-0.3, -0.25) is 0 Å². The summed E-state index contributed by atoms with van der Waals surface area (Å²) in [6.07, 6.45) is 1.13. The van der Waals surface area contributed by atoms with Crippen LogP contribution in [0.2, 0.25) is 0 Å². The summed E-state index contributed by atoms with van der Waals surface area (Å²) in [4.78, 5) is 4.09. The minimum absolute atomic E-state index is 0.0306. The molecule has 84 valence electrons. The van der Waals surface area contributed by atoms with Gasteiger partial charge in [0.05, 0.1) is 12.6 Å². The van der Waals surface area contributed by atoms with Crippen molar-refractivity contribution in [2.75, 3.05) is 13.4 Å². The van der Waals surface area contributed by atoms with Crippen LogP contribution >= 0.6 is 0 Å². The van der Waals surface area contributed by atoms with Gasteiger partial charge in [0.1, 0.15) is 5.75 Å². The molecule has 0 bridgehead atoms. The smallest absolute Gasteiger partial charge is 0.192 e. The number of para-hydroxylation sites is 1. The van der Waals surface area contributed by atoms with E-state index in [1.807, 2.05) is 12.1 Å². The molecule has 0 aliphatic heterocycles. The maximum atomic E-state index is 11.4. The normalized spacial score (nSPS) is 11.6. The van der Waals surface area contributed by atoms with Crippen molar-refractivity contribution in [3.63, 3.8) is 0 Å². The molecular formula is C11H11NO3S. The van der Waals surface area contributed by atoms with Crippen LogP contribution in [0.5, 0.6) is 5.75 Å². The highest BCUT2D eigenvalue weighted by molar-refractivity contribution is 7.90. The summed E-state index contributed by atoms with van der Waals surface area (Å²) in [6, 6.07) is 8.70. The van der Waals surface area contributed by atoms with Gasteiger partial charge >= 0.3 is 0 Å². The van der Waals surface area contributed by atoms with E-state index < -0.39 is 9.84 Å². The molecule has 16 heavy (non-hydrogen) atoms. The Morgan fingerprint density at radius 3 is 2.56 bits per heavy atom. The molecular weight excluding hydrogens is 226 g/mol. The highest BCUT2D eigenvalue weighted by Gasteiger charge is 2.13. The molecule has 0 fully saturated rings. The number of ether oxygens (including phenoxy) is 1. The van der Waals surface area contributed by atoms with Crippen LogP contribution in [-0.4, -0.2) is 26.8 Å². The van der Waals surface area contributed by atoms with Crippen molar-refractivity contribution in [1.82, 2.24) is 4.98 Å². The fourth-order valence-electron chi connectivity index (χ4n) is 1.48. The van der Waals surface area contributed by atoms with E-state index in [0.29, 0.717) is 11.3 Å². The number of nitrogens with zero attached hydrogens (tertiary/aromatic N) is 1. The van der Waals surface area contributed by atoms with Crippen molar-refractivity contribution in [2.24, 2.45) is 0 Å². The van der Waals surface area contributed by atoms with E-state index in [0.717, 1.165) is 11.6 Å². The second-order valence-corrected chi connectivity index (χ2v) is 5.41. The summed E-state index contributed by atoms with van der Waals surface area (Å²) in [5, 5.41) is 0.834. The molecule has 1 heterocycles. The van der Waals surface area contributed by atoms with Gasteiger partial charge in [0.25, 0.3) is 0 Å². The molecule has 4 nitrogen and oxygen atoms in total. The first-order valence-corrected chi connectivity index (χ1v) is 6.55. The van der Waals surface area contributed by atoms with Gasteiger partial charge in [0.2, 0.25) is 0 Å². The first-order chi connectivity index (χ1) is 7.52. The molecule has 0 saturated heterocycles. The summed E-state index contributed by atoms with van der Waals surface area (Å²) < 4.78 is 28.0. The van der Waals surface area contributed by atoms with Crippen LogP contribution in [0.15, 0.2) is 35.4 Å². The fraction of sp³-hybridized carbons (Fsp3) is 0.182. The SMILES string of the molecule is COc1cc(S(C)(=O)=O)nc2ccccc12. The number of hydrogen-bond acceptors (Lipinski definition) is 4. The molecule has 0 saturated carbocycles. The third-order valence-electron chi connectivity index (χ3n) is 2.25. The number of rotatable bonds is 2. The third-order valence-corrected chi connectivity index (χ3v) is 3.22. The molecule has 1 aromatic heterocycles. The van der Waals surface area contributed by atoms with Gasteiger partial charge in [0, 0.05) is 17.7 Å². The summed E-state index contributed by atoms with van der Waals surface area (Å²) in [5.74, 6) is 0.519. The number of hydrogen-bond donors (Lipinski definition) is 0. The second-order valence-electron chi connectivity index (χ2n) is 3.45. The third kappa shape index (κ3) is 1.86. The Bertz CT molecular complexity index is 635. The van der Waals surface area contributed by atoms with Crippen LogP contribution in [0.4, 0.5) is 0 Å². The summed E-state index contributed by atoms with van der Waals surface area (Å²) >= 11 is 0. The van der Waals surface area contributed by atoms with E-state index in [2.05, 4.69) is 4.98 Å². The zero-order valence-corrected chi connectivity index (χ0v) is 9.78. The largest absolute Gasteiger partial charge is 0.496 e. The number of aromatic nitrogens is 1. The molecule has 2 aromatic rings. The minimum Gasteiger partial charge on any atom is -0.496 e. The van der Waals surface area contributed by atoms with Crippen molar-refractivity contribution in [1.29, 1.82) is 0 Å². The average molecular weight is 237 g/mol. The quantitative estimate of drug-likeness (QED) is 0.796. The predicted molar refractivity (Wildman–Crippen MR) is 61.4 cm³/mol. The number of pyridine rings is 1. The standard InChI is InChI=1S/C11H11NO3S/c1-15-10-7-11(16(2,13)14)12-9-6-4-3-5-8(9)10/h3-7H,1-2H3. The minimum atomic E-state index is -3.32.